The van der Waals surface area contributed by atoms with Crippen LogP contribution >= 0.6 is 11.3 Å². The van der Waals surface area contributed by atoms with Crippen molar-refractivity contribution < 1.29 is 9.53 Å². The molecule has 0 aliphatic carbocycles. The van der Waals surface area contributed by atoms with Crippen LogP contribution in [0.2, 0.25) is 0 Å². The fraction of sp³-hybridized carbons (Fsp3) is 0.286. The predicted octanol–water partition coefficient (Wildman–Crippen LogP) is 2.30. The van der Waals surface area contributed by atoms with Crippen LogP contribution in [0.25, 0.3) is 11.3 Å². The molecule has 1 unspecified atom stereocenters. The molecule has 1 aromatic carbocycles. The highest BCUT2D eigenvalue weighted by atomic mass is 32.1. The van der Waals surface area contributed by atoms with Gasteiger partial charge < -0.3 is 15.8 Å². The molecule has 2 heterocycles. The highest BCUT2D eigenvalue weighted by molar-refractivity contribution is 7.12. The second-order valence-corrected chi connectivity index (χ2v) is 5.96. The van der Waals surface area contributed by atoms with E-state index in [-0.39, 0.29) is 5.91 Å². The van der Waals surface area contributed by atoms with Gasteiger partial charge in [0.15, 0.2) is 6.10 Å². The molecule has 0 spiro atoms. The highest BCUT2D eigenvalue weighted by Gasteiger charge is 2.24. The number of anilines is 1. The molecular formula is C14H15N3O2S. The fourth-order valence-electron chi connectivity index (χ4n) is 2.16. The highest BCUT2D eigenvalue weighted by Crippen LogP contribution is 2.35. The van der Waals surface area contributed by atoms with E-state index in [1.165, 1.54) is 0 Å². The molecular weight excluding hydrogens is 274 g/mol. The summed E-state index contributed by atoms with van der Waals surface area (Å²) in [5, 5.41) is 3.75. The van der Waals surface area contributed by atoms with Crippen molar-refractivity contribution in [2.75, 3.05) is 5.32 Å². The van der Waals surface area contributed by atoms with Crippen molar-refractivity contribution in [2.45, 2.75) is 26.5 Å². The first-order valence-electron chi connectivity index (χ1n) is 6.37. The van der Waals surface area contributed by atoms with Gasteiger partial charge in [-0.25, -0.2) is 4.98 Å². The number of amides is 1. The second kappa shape index (κ2) is 4.88. The Hall–Kier alpha value is -1.92. The summed E-state index contributed by atoms with van der Waals surface area (Å²) < 4.78 is 5.54. The van der Waals surface area contributed by atoms with E-state index in [0.717, 1.165) is 21.1 Å². The number of nitrogens with zero attached hydrogens (tertiary/aromatic N) is 1. The number of aromatic nitrogens is 1. The topological polar surface area (TPSA) is 77.2 Å². The zero-order valence-electron chi connectivity index (χ0n) is 11.3. The molecule has 2 aromatic rings. The van der Waals surface area contributed by atoms with E-state index in [9.17, 15) is 4.79 Å². The van der Waals surface area contributed by atoms with Crippen LogP contribution in [0.3, 0.4) is 0 Å². The quantitative estimate of drug-likeness (QED) is 0.889. The maximum absolute atomic E-state index is 11.7. The first-order chi connectivity index (χ1) is 9.58. The van der Waals surface area contributed by atoms with Crippen LogP contribution in [0, 0.1) is 6.92 Å². The molecule has 3 N–H and O–H groups in total. The number of nitrogens with two attached hydrogens (primary N) is 1. The van der Waals surface area contributed by atoms with Gasteiger partial charge in [0.2, 0.25) is 0 Å². The molecule has 1 aromatic heterocycles. The molecule has 1 aliphatic heterocycles. The van der Waals surface area contributed by atoms with E-state index >= 15 is 0 Å². The van der Waals surface area contributed by atoms with Crippen molar-refractivity contribution in [3.63, 3.8) is 0 Å². The van der Waals surface area contributed by atoms with E-state index < -0.39 is 6.10 Å². The van der Waals surface area contributed by atoms with Gasteiger partial charge in [0.1, 0.15) is 10.8 Å². The smallest absolute Gasteiger partial charge is 0.265 e. The number of carbonyl (C=O) groups is 1. The molecule has 104 valence electrons. The zero-order chi connectivity index (χ0) is 14.3. The summed E-state index contributed by atoms with van der Waals surface area (Å²) in [4.78, 5) is 17.3. The Labute approximate surface area is 120 Å². The van der Waals surface area contributed by atoms with E-state index in [4.69, 9.17) is 10.5 Å². The first-order valence-corrected chi connectivity index (χ1v) is 7.18. The van der Waals surface area contributed by atoms with Crippen LogP contribution < -0.4 is 15.8 Å². The molecule has 0 saturated heterocycles. The van der Waals surface area contributed by atoms with Gasteiger partial charge in [-0.15, -0.1) is 11.3 Å². The maximum Gasteiger partial charge on any atom is 0.265 e. The number of nitrogens with one attached hydrogen (secondary N) is 1. The fourth-order valence-corrected chi connectivity index (χ4v) is 3.00. The van der Waals surface area contributed by atoms with E-state index in [1.807, 2.05) is 25.1 Å². The molecule has 20 heavy (non-hydrogen) atoms. The average molecular weight is 289 g/mol. The maximum atomic E-state index is 11.7. The Morgan fingerprint density at radius 2 is 2.30 bits per heavy atom. The number of hydrogen-bond donors (Lipinski definition) is 2. The van der Waals surface area contributed by atoms with Crippen molar-refractivity contribution in [3.05, 3.63) is 28.1 Å². The summed E-state index contributed by atoms with van der Waals surface area (Å²) in [6, 6.07) is 5.70. The van der Waals surface area contributed by atoms with Gasteiger partial charge in [0, 0.05) is 17.0 Å². The minimum atomic E-state index is -0.460. The van der Waals surface area contributed by atoms with Gasteiger partial charge in [-0.2, -0.15) is 0 Å². The van der Waals surface area contributed by atoms with E-state index in [2.05, 4.69) is 10.3 Å². The van der Waals surface area contributed by atoms with Gasteiger partial charge in [-0.05, 0) is 32.0 Å². The standard InChI is InChI=1S/C14H15N3O2S/c1-7-14(18)16-10-5-9(3-4-11(10)19-7)13-8(2)20-12(6-15)17-13/h3-5,7H,6,15H2,1-2H3,(H,16,18). The van der Waals surface area contributed by atoms with Gasteiger partial charge in [-0.3, -0.25) is 4.79 Å². The lowest BCUT2D eigenvalue weighted by atomic mass is 10.1. The molecule has 0 fully saturated rings. The van der Waals surface area contributed by atoms with Crippen LogP contribution in [0.5, 0.6) is 5.75 Å². The van der Waals surface area contributed by atoms with Crippen LogP contribution in [0.4, 0.5) is 5.69 Å². The molecule has 0 radical (unpaired) electrons. The Morgan fingerprint density at radius 3 is 3.00 bits per heavy atom. The number of rotatable bonds is 2. The summed E-state index contributed by atoms with van der Waals surface area (Å²) in [6.07, 6.45) is -0.460. The monoisotopic (exact) mass is 289 g/mol. The predicted molar refractivity (Wildman–Crippen MR) is 78.9 cm³/mol. The third-order valence-corrected chi connectivity index (χ3v) is 4.19. The summed E-state index contributed by atoms with van der Waals surface area (Å²) in [5.41, 5.74) is 8.18. The van der Waals surface area contributed by atoms with Crippen molar-refractivity contribution in [1.82, 2.24) is 4.98 Å². The SMILES string of the molecule is Cc1sc(CN)nc1-c1ccc2c(c1)NC(=O)C(C)O2. The van der Waals surface area contributed by atoms with Crippen molar-refractivity contribution >= 4 is 22.9 Å². The lowest BCUT2D eigenvalue weighted by Gasteiger charge is -2.23. The Balaban J connectivity index is 2.02. The number of thiazole rings is 1. The lowest BCUT2D eigenvalue weighted by molar-refractivity contribution is -0.122. The number of hydrogen-bond acceptors (Lipinski definition) is 5. The van der Waals surface area contributed by atoms with Crippen molar-refractivity contribution in [2.24, 2.45) is 5.73 Å². The van der Waals surface area contributed by atoms with E-state index in [1.54, 1.807) is 18.3 Å². The Bertz CT molecular complexity index is 681. The average Bonchev–Trinajstić information content (AvgIpc) is 2.81. The largest absolute Gasteiger partial charge is 0.479 e. The van der Waals surface area contributed by atoms with Crippen LogP contribution in [-0.4, -0.2) is 17.0 Å². The van der Waals surface area contributed by atoms with Crippen LogP contribution in [-0.2, 0) is 11.3 Å². The summed E-state index contributed by atoms with van der Waals surface area (Å²) >= 11 is 1.59. The Morgan fingerprint density at radius 1 is 1.50 bits per heavy atom. The van der Waals surface area contributed by atoms with E-state index in [0.29, 0.717) is 18.0 Å². The number of aryl methyl sites for hydroxylation is 1. The minimum Gasteiger partial charge on any atom is -0.479 e. The van der Waals surface area contributed by atoms with Gasteiger partial charge in [0.05, 0.1) is 11.4 Å². The van der Waals surface area contributed by atoms with Crippen molar-refractivity contribution in [3.8, 4) is 17.0 Å². The van der Waals surface area contributed by atoms with Gasteiger partial charge in [0.25, 0.3) is 5.91 Å². The summed E-state index contributed by atoms with van der Waals surface area (Å²) in [7, 11) is 0. The molecule has 3 rings (SSSR count). The molecule has 6 heteroatoms. The normalized spacial score (nSPS) is 17.4. The minimum absolute atomic E-state index is 0.132. The van der Waals surface area contributed by atoms with Gasteiger partial charge >= 0.3 is 0 Å². The summed E-state index contributed by atoms with van der Waals surface area (Å²) in [5.74, 6) is 0.556. The molecule has 0 saturated carbocycles. The van der Waals surface area contributed by atoms with Gasteiger partial charge in [-0.1, -0.05) is 0 Å². The number of ether oxygens (including phenoxy) is 1. The number of carbonyl (C=O) groups excluding carboxylic acids is 1. The summed E-state index contributed by atoms with van der Waals surface area (Å²) in [6.45, 7) is 4.18. The lowest BCUT2D eigenvalue weighted by Crippen LogP contribution is -2.34. The number of benzene rings is 1. The molecule has 5 nitrogen and oxygen atoms in total. The first kappa shape index (κ1) is 13.1. The van der Waals surface area contributed by atoms with Crippen LogP contribution in [0.1, 0.15) is 16.8 Å². The Kier molecular flexibility index (Phi) is 3.19. The molecule has 1 aliphatic rings. The molecule has 1 atom stereocenters. The second-order valence-electron chi connectivity index (χ2n) is 4.68. The third kappa shape index (κ3) is 2.17. The van der Waals surface area contributed by atoms with Crippen LogP contribution in [0.15, 0.2) is 18.2 Å². The molecule has 0 bridgehead atoms. The van der Waals surface area contributed by atoms with Crippen molar-refractivity contribution in [1.29, 1.82) is 0 Å². The number of fused-ring (bicyclic) bond motifs is 1. The third-order valence-electron chi connectivity index (χ3n) is 3.20. The zero-order valence-corrected chi connectivity index (χ0v) is 12.1. The molecule has 1 amide bonds.